The SMILES string of the molecule is CC1=CCC2(CC1)CN(C(=O)c1cccc(S(=O)(=O)NC(C)(C)C)c1)c1ccc(Br)cc12. The number of anilines is 1. The topological polar surface area (TPSA) is 66.5 Å². The Kier molecular flexibility index (Phi) is 5.89. The quantitative estimate of drug-likeness (QED) is 0.543. The second kappa shape index (κ2) is 8.12. The summed E-state index contributed by atoms with van der Waals surface area (Å²) >= 11 is 3.59. The van der Waals surface area contributed by atoms with Crippen LogP contribution in [0.3, 0.4) is 0 Å². The van der Waals surface area contributed by atoms with Gasteiger partial charge in [0.25, 0.3) is 5.91 Å². The van der Waals surface area contributed by atoms with Gasteiger partial charge in [0.2, 0.25) is 10.0 Å². The lowest BCUT2D eigenvalue weighted by Gasteiger charge is -2.33. The Morgan fingerprint density at radius 1 is 1.16 bits per heavy atom. The summed E-state index contributed by atoms with van der Waals surface area (Å²) in [5.41, 5.74) is 3.14. The molecule has 5 nitrogen and oxygen atoms in total. The molecule has 0 radical (unpaired) electrons. The van der Waals surface area contributed by atoms with Gasteiger partial charge in [-0.1, -0.05) is 33.6 Å². The van der Waals surface area contributed by atoms with Gasteiger partial charge < -0.3 is 4.90 Å². The molecule has 1 N–H and O–H groups in total. The molecule has 170 valence electrons. The van der Waals surface area contributed by atoms with Gasteiger partial charge in [-0.25, -0.2) is 13.1 Å². The summed E-state index contributed by atoms with van der Waals surface area (Å²) in [6.07, 6.45) is 5.19. The van der Waals surface area contributed by atoms with Crippen molar-refractivity contribution < 1.29 is 13.2 Å². The summed E-state index contributed by atoms with van der Waals surface area (Å²) in [6.45, 7) is 8.12. The van der Waals surface area contributed by atoms with Crippen molar-refractivity contribution in [2.24, 2.45) is 0 Å². The highest BCUT2D eigenvalue weighted by atomic mass is 79.9. The van der Waals surface area contributed by atoms with Crippen molar-refractivity contribution in [1.29, 1.82) is 0 Å². The number of rotatable bonds is 3. The number of halogens is 1. The van der Waals surface area contributed by atoms with Crippen molar-refractivity contribution in [2.75, 3.05) is 11.4 Å². The first-order chi connectivity index (χ1) is 14.9. The highest BCUT2D eigenvalue weighted by Gasteiger charge is 2.45. The number of hydrogen-bond donors (Lipinski definition) is 1. The predicted molar refractivity (Wildman–Crippen MR) is 132 cm³/mol. The van der Waals surface area contributed by atoms with Crippen molar-refractivity contribution in [3.8, 4) is 0 Å². The van der Waals surface area contributed by atoms with Gasteiger partial charge in [-0.2, -0.15) is 0 Å². The van der Waals surface area contributed by atoms with Gasteiger partial charge >= 0.3 is 0 Å². The third-order valence-corrected chi connectivity index (χ3v) is 8.45. The minimum Gasteiger partial charge on any atom is -0.307 e. The van der Waals surface area contributed by atoms with Crippen molar-refractivity contribution in [2.45, 2.75) is 62.8 Å². The van der Waals surface area contributed by atoms with Gasteiger partial charge in [-0.15, -0.1) is 0 Å². The Hall–Kier alpha value is -1.96. The van der Waals surface area contributed by atoms with Crippen molar-refractivity contribution in [3.63, 3.8) is 0 Å². The number of benzene rings is 2. The molecule has 2 aromatic carbocycles. The van der Waals surface area contributed by atoms with Crippen molar-refractivity contribution in [3.05, 3.63) is 69.7 Å². The van der Waals surface area contributed by atoms with Gasteiger partial charge in [0.1, 0.15) is 0 Å². The average molecular weight is 517 g/mol. The summed E-state index contributed by atoms with van der Waals surface area (Å²) in [6, 6.07) is 12.4. The lowest BCUT2D eigenvalue weighted by Crippen LogP contribution is -2.40. The van der Waals surface area contributed by atoms with E-state index in [1.54, 1.807) is 32.9 Å². The summed E-state index contributed by atoms with van der Waals surface area (Å²) < 4.78 is 29.3. The first kappa shape index (κ1) is 23.2. The minimum atomic E-state index is -3.73. The van der Waals surface area contributed by atoms with E-state index >= 15 is 0 Å². The monoisotopic (exact) mass is 516 g/mol. The van der Waals surface area contributed by atoms with Gasteiger partial charge in [0.15, 0.2) is 0 Å². The van der Waals surface area contributed by atoms with Crippen molar-refractivity contribution >= 4 is 37.5 Å². The molecule has 1 aliphatic heterocycles. The van der Waals surface area contributed by atoms with Crippen LogP contribution in [-0.2, 0) is 15.4 Å². The maximum Gasteiger partial charge on any atom is 0.258 e. The normalized spacial score (nSPS) is 20.9. The number of sulfonamides is 1. The number of carbonyl (C=O) groups is 1. The second-order valence-electron chi connectivity index (χ2n) is 9.97. The zero-order chi connectivity index (χ0) is 23.3. The highest BCUT2D eigenvalue weighted by molar-refractivity contribution is 9.10. The molecule has 1 heterocycles. The van der Waals surface area contributed by atoms with E-state index in [4.69, 9.17) is 0 Å². The molecular formula is C25H29BrN2O3S. The zero-order valence-electron chi connectivity index (χ0n) is 18.9. The maximum atomic E-state index is 13.6. The van der Waals surface area contributed by atoms with E-state index in [9.17, 15) is 13.2 Å². The molecule has 7 heteroatoms. The molecule has 0 bridgehead atoms. The Labute approximate surface area is 199 Å². The van der Waals surface area contributed by atoms with Crippen LogP contribution in [0.4, 0.5) is 5.69 Å². The first-order valence-electron chi connectivity index (χ1n) is 10.8. The molecule has 1 unspecified atom stereocenters. The molecular weight excluding hydrogens is 488 g/mol. The molecule has 0 saturated carbocycles. The largest absolute Gasteiger partial charge is 0.307 e. The maximum absolute atomic E-state index is 13.6. The molecule has 2 aromatic rings. The Morgan fingerprint density at radius 3 is 2.56 bits per heavy atom. The van der Waals surface area contributed by atoms with Crippen LogP contribution in [-0.4, -0.2) is 26.4 Å². The van der Waals surface area contributed by atoms with Crippen LogP contribution in [0.5, 0.6) is 0 Å². The predicted octanol–water partition coefficient (Wildman–Crippen LogP) is 5.55. The van der Waals surface area contributed by atoms with E-state index in [2.05, 4.69) is 39.7 Å². The van der Waals surface area contributed by atoms with E-state index in [0.717, 1.165) is 29.4 Å². The number of nitrogens with one attached hydrogen (secondary N) is 1. The van der Waals surface area contributed by atoms with Crippen LogP contribution in [0.1, 0.15) is 62.9 Å². The van der Waals surface area contributed by atoms with Gasteiger partial charge in [0, 0.05) is 33.2 Å². The first-order valence-corrected chi connectivity index (χ1v) is 13.1. The summed E-state index contributed by atoms with van der Waals surface area (Å²) in [4.78, 5) is 15.5. The third-order valence-electron chi connectivity index (χ3n) is 6.20. The second-order valence-corrected chi connectivity index (χ2v) is 12.6. The molecule has 2 aliphatic rings. The molecule has 0 saturated heterocycles. The fourth-order valence-corrected chi connectivity index (χ4v) is 6.46. The fraction of sp³-hybridized carbons (Fsp3) is 0.400. The fourth-order valence-electron chi connectivity index (χ4n) is 4.64. The molecule has 1 atom stereocenters. The zero-order valence-corrected chi connectivity index (χ0v) is 21.3. The van der Waals surface area contributed by atoms with Gasteiger partial charge in [-0.05, 0) is 88.9 Å². The lowest BCUT2D eigenvalue weighted by molar-refractivity contribution is 0.0984. The molecule has 1 amide bonds. The lowest BCUT2D eigenvalue weighted by atomic mass is 9.72. The van der Waals surface area contributed by atoms with Gasteiger partial charge in [0.05, 0.1) is 4.90 Å². The van der Waals surface area contributed by atoms with Gasteiger partial charge in [-0.3, -0.25) is 4.79 Å². The molecule has 1 aliphatic carbocycles. The summed E-state index contributed by atoms with van der Waals surface area (Å²) in [7, 11) is -3.73. The number of allylic oxidation sites excluding steroid dienone is 2. The van der Waals surface area contributed by atoms with Crippen LogP contribution < -0.4 is 9.62 Å². The Balaban J connectivity index is 1.71. The molecule has 0 aromatic heterocycles. The van der Waals surface area contributed by atoms with E-state index in [0.29, 0.717) is 12.1 Å². The van der Waals surface area contributed by atoms with Crippen molar-refractivity contribution in [1.82, 2.24) is 4.72 Å². The minimum absolute atomic E-state index is 0.0967. The van der Waals surface area contributed by atoms with Crippen LogP contribution in [0, 0.1) is 0 Å². The van der Waals surface area contributed by atoms with Crippen LogP contribution in [0.2, 0.25) is 0 Å². The third kappa shape index (κ3) is 4.43. The Bertz CT molecular complexity index is 1210. The number of amides is 1. The summed E-state index contributed by atoms with van der Waals surface area (Å²) in [5.74, 6) is -0.176. The number of fused-ring (bicyclic) bond motifs is 2. The molecule has 1 spiro atoms. The number of nitrogens with zero attached hydrogens (tertiary/aromatic N) is 1. The van der Waals surface area contributed by atoms with E-state index < -0.39 is 15.6 Å². The van der Waals surface area contributed by atoms with E-state index in [1.165, 1.54) is 23.3 Å². The smallest absolute Gasteiger partial charge is 0.258 e. The molecule has 32 heavy (non-hydrogen) atoms. The number of hydrogen-bond acceptors (Lipinski definition) is 3. The van der Waals surface area contributed by atoms with Crippen LogP contribution in [0.15, 0.2) is 63.5 Å². The van der Waals surface area contributed by atoms with Crippen LogP contribution in [0.25, 0.3) is 0 Å². The standard InChI is InChI=1S/C25H29BrN2O3S/c1-17-10-12-25(13-11-17)16-28(22-9-8-19(26)15-21(22)25)23(29)18-6-5-7-20(14-18)32(30,31)27-24(2,3)4/h5-10,14-15,27H,11-13,16H2,1-4H3. The van der Waals surface area contributed by atoms with E-state index in [-0.39, 0.29) is 16.2 Å². The Morgan fingerprint density at radius 2 is 1.91 bits per heavy atom. The van der Waals surface area contributed by atoms with E-state index in [1.807, 2.05) is 17.0 Å². The highest BCUT2D eigenvalue weighted by Crippen LogP contribution is 2.49. The molecule has 4 rings (SSSR count). The molecule has 0 fully saturated rings. The number of carbonyl (C=O) groups excluding carboxylic acids is 1. The summed E-state index contributed by atoms with van der Waals surface area (Å²) in [5, 5.41) is 0. The van der Waals surface area contributed by atoms with Crippen LogP contribution >= 0.6 is 15.9 Å². The average Bonchev–Trinajstić information content (AvgIpc) is 3.02.